The Hall–Kier alpha value is -0.160. The van der Waals surface area contributed by atoms with Crippen molar-refractivity contribution in [3.8, 4) is 0 Å². The first-order chi connectivity index (χ1) is 12.2. The molecular formula is C21H44O4. The first kappa shape index (κ1) is 24.8. The second-order valence-corrected chi connectivity index (χ2v) is 7.30. The lowest BCUT2D eigenvalue weighted by molar-refractivity contribution is -0.652. The number of hydrogen-bond acceptors (Lipinski definition) is 4. The van der Waals surface area contributed by atoms with Gasteiger partial charge in [-0.1, -0.05) is 98.3 Å². The summed E-state index contributed by atoms with van der Waals surface area (Å²) in [5, 5.41) is 9.80. The molecule has 0 rings (SSSR count). The van der Waals surface area contributed by atoms with Gasteiger partial charge in [-0.25, -0.2) is 4.89 Å². The molecule has 0 aliphatic carbocycles. The van der Waals surface area contributed by atoms with Gasteiger partial charge in [0.25, 0.3) is 0 Å². The molecule has 0 amide bonds. The third-order valence-electron chi connectivity index (χ3n) is 4.83. The van der Waals surface area contributed by atoms with Gasteiger partial charge in [-0.15, -0.1) is 0 Å². The van der Waals surface area contributed by atoms with Crippen LogP contribution in [0.5, 0.6) is 0 Å². The van der Waals surface area contributed by atoms with Gasteiger partial charge >= 0.3 is 0 Å². The monoisotopic (exact) mass is 360 g/mol. The average molecular weight is 361 g/mol. The number of hydrogen-bond donors (Lipinski definition) is 0. The fraction of sp³-hybridized carbons (Fsp3) is 1.00. The second-order valence-electron chi connectivity index (χ2n) is 7.30. The predicted molar refractivity (Wildman–Crippen MR) is 104 cm³/mol. The summed E-state index contributed by atoms with van der Waals surface area (Å²) in [5.74, 6) is 0. The highest BCUT2D eigenvalue weighted by molar-refractivity contribution is 4.79. The maximum atomic E-state index is 5.79. The van der Waals surface area contributed by atoms with Gasteiger partial charge in [0.15, 0.2) is 0 Å². The molecule has 0 aliphatic heterocycles. The average Bonchev–Trinajstić information content (AvgIpc) is 2.63. The zero-order valence-corrected chi connectivity index (χ0v) is 17.4. The van der Waals surface area contributed by atoms with Crippen molar-refractivity contribution in [1.29, 1.82) is 0 Å². The Balaban J connectivity index is 4.35. The van der Waals surface area contributed by atoms with Crippen molar-refractivity contribution < 1.29 is 19.9 Å². The molecule has 0 atom stereocenters. The molecule has 4 heteroatoms. The molecule has 0 spiro atoms. The van der Waals surface area contributed by atoms with E-state index in [9.17, 15) is 0 Å². The zero-order chi connectivity index (χ0) is 18.6. The van der Waals surface area contributed by atoms with Crippen LogP contribution in [0.25, 0.3) is 0 Å². The maximum absolute atomic E-state index is 5.79. The Kier molecular flexibility index (Phi) is 18.5. The predicted octanol–water partition coefficient (Wildman–Crippen LogP) is 7.47. The highest BCUT2D eigenvalue weighted by Gasteiger charge is 2.31. The summed E-state index contributed by atoms with van der Waals surface area (Å²) in [7, 11) is 0. The summed E-state index contributed by atoms with van der Waals surface area (Å²) in [6.45, 7) is 9.35. The normalized spacial score (nSPS) is 12.0. The SMILES string of the molecule is CCCCCCCCC(CCCC)(CCCC)OOOOCCCC. The molecule has 0 aromatic heterocycles. The lowest BCUT2D eigenvalue weighted by Crippen LogP contribution is -2.33. The molecule has 152 valence electrons. The summed E-state index contributed by atoms with van der Waals surface area (Å²) >= 11 is 0. The molecule has 0 N–H and O–H groups in total. The molecule has 0 aliphatic rings. The summed E-state index contributed by atoms with van der Waals surface area (Å²) in [6.07, 6.45) is 17.5. The Bertz CT molecular complexity index is 232. The molecular weight excluding hydrogens is 316 g/mol. The first-order valence-corrected chi connectivity index (χ1v) is 10.9. The number of unbranched alkanes of at least 4 members (excludes halogenated alkanes) is 8. The molecule has 0 saturated heterocycles. The molecule has 25 heavy (non-hydrogen) atoms. The highest BCUT2D eigenvalue weighted by Crippen LogP contribution is 2.32. The summed E-state index contributed by atoms with van der Waals surface area (Å²) in [4.78, 5) is 10.8. The van der Waals surface area contributed by atoms with Crippen molar-refractivity contribution in [3.63, 3.8) is 0 Å². The molecule has 0 unspecified atom stereocenters. The quantitative estimate of drug-likeness (QED) is 0.128. The van der Waals surface area contributed by atoms with E-state index in [1.54, 1.807) is 0 Å². The maximum Gasteiger partial charge on any atom is 0.107 e. The van der Waals surface area contributed by atoms with Crippen molar-refractivity contribution in [3.05, 3.63) is 0 Å². The van der Waals surface area contributed by atoms with E-state index in [-0.39, 0.29) is 5.60 Å². The van der Waals surface area contributed by atoms with Crippen LogP contribution in [0.15, 0.2) is 0 Å². The number of rotatable bonds is 20. The lowest BCUT2D eigenvalue weighted by Gasteiger charge is -2.31. The Morgan fingerprint density at radius 3 is 1.64 bits per heavy atom. The van der Waals surface area contributed by atoms with Crippen LogP contribution in [0.2, 0.25) is 0 Å². The van der Waals surface area contributed by atoms with E-state index >= 15 is 0 Å². The molecule has 0 fully saturated rings. The van der Waals surface area contributed by atoms with Crippen LogP contribution < -0.4 is 0 Å². The fourth-order valence-electron chi connectivity index (χ4n) is 3.07. The molecule has 0 aromatic rings. The summed E-state index contributed by atoms with van der Waals surface area (Å²) < 4.78 is 0. The van der Waals surface area contributed by atoms with Crippen LogP contribution >= 0.6 is 0 Å². The van der Waals surface area contributed by atoms with E-state index < -0.39 is 0 Å². The summed E-state index contributed by atoms with van der Waals surface area (Å²) in [6, 6.07) is 0. The molecule has 0 bridgehead atoms. The molecule has 4 nitrogen and oxygen atoms in total. The van der Waals surface area contributed by atoms with Gasteiger partial charge in [-0.05, 0) is 35.8 Å². The minimum atomic E-state index is -0.231. The second kappa shape index (κ2) is 18.6. The van der Waals surface area contributed by atoms with E-state index in [1.165, 1.54) is 51.4 Å². The molecule has 0 heterocycles. The van der Waals surface area contributed by atoms with Gasteiger partial charge in [-0.3, -0.25) is 0 Å². The van der Waals surface area contributed by atoms with E-state index in [0.29, 0.717) is 6.61 Å². The topological polar surface area (TPSA) is 36.9 Å². The van der Waals surface area contributed by atoms with Gasteiger partial charge in [0.05, 0.1) is 6.61 Å². The van der Waals surface area contributed by atoms with E-state index in [2.05, 4.69) is 27.7 Å². The third kappa shape index (κ3) is 14.7. The summed E-state index contributed by atoms with van der Waals surface area (Å²) in [5.41, 5.74) is -0.231. The Morgan fingerprint density at radius 2 is 1.04 bits per heavy atom. The van der Waals surface area contributed by atoms with E-state index in [0.717, 1.165) is 44.9 Å². The molecule has 0 radical (unpaired) electrons. The Labute approximate surface area is 156 Å². The van der Waals surface area contributed by atoms with E-state index in [1.807, 2.05) is 0 Å². The zero-order valence-electron chi connectivity index (χ0n) is 17.4. The molecule has 0 aromatic carbocycles. The van der Waals surface area contributed by atoms with Gasteiger partial charge in [0.2, 0.25) is 0 Å². The lowest BCUT2D eigenvalue weighted by atomic mass is 9.85. The van der Waals surface area contributed by atoms with Crippen molar-refractivity contribution >= 4 is 0 Å². The van der Waals surface area contributed by atoms with Crippen molar-refractivity contribution in [2.24, 2.45) is 0 Å². The van der Waals surface area contributed by atoms with Gasteiger partial charge in [-0.2, -0.15) is 4.89 Å². The third-order valence-corrected chi connectivity index (χ3v) is 4.83. The van der Waals surface area contributed by atoms with Gasteiger partial charge in [0.1, 0.15) is 5.60 Å². The molecule has 0 saturated carbocycles. The fourth-order valence-corrected chi connectivity index (χ4v) is 3.07. The van der Waals surface area contributed by atoms with Crippen LogP contribution in [0, 0.1) is 0 Å². The van der Waals surface area contributed by atoms with Gasteiger partial charge in [0, 0.05) is 0 Å². The largest absolute Gasteiger partial charge is 0.204 e. The smallest absolute Gasteiger partial charge is 0.107 e. The van der Waals surface area contributed by atoms with Crippen molar-refractivity contribution in [2.75, 3.05) is 6.61 Å². The minimum absolute atomic E-state index is 0.231. The van der Waals surface area contributed by atoms with Crippen LogP contribution in [-0.2, 0) is 19.9 Å². The first-order valence-electron chi connectivity index (χ1n) is 10.9. The van der Waals surface area contributed by atoms with Crippen LogP contribution in [0.3, 0.4) is 0 Å². The standard InChI is InChI=1S/C21H44O4/c1-5-9-13-14-15-16-19-21(17-10-6-2,18-11-7-3)23-25-24-22-20-12-8-4/h5-20H2,1-4H3. The van der Waals surface area contributed by atoms with E-state index in [4.69, 9.17) is 19.9 Å². The van der Waals surface area contributed by atoms with Crippen LogP contribution in [0.4, 0.5) is 0 Å². The van der Waals surface area contributed by atoms with Crippen molar-refractivity contribution in [1.82, 2.24) is 0 Å². The van der Waals surface area contributed by atoms with Gasteiger partial charge < -0.3 is 0 Å². The highest BCUT2D eigenvalue weighted by atomic mass is 17.7. The van der Waals surface area contributed by atoms with Crippen LogP contribution in [-0.4, -0.2) is 12.2 Å². The van der Waals surface area contributed by atoms with Crippen LogP contribution in [0.1, 0.15) is 124 Å². The van der Waals surface area contributed by atoms with Crippen molar-refractivity contribution in [2.45, 2.75) is 130 Å². The minimum Gasteiger partial charge on any atom is -0.204 e. The Morgan fingerprint density at radius 1 is 0.520 bits per heavy atom.